The molecule has 2 aromatic carbocycles. The van der Waals surface area contributed by atoms with Crippen LogP contribution in [0.4, 0.5) is 0 Å². The molecular formula is C19H10N2O2S. The molecule has 114 valence electrons. The summed E-state index contributed by atoms with van der Waals surface area (Å²) >= 11 is 1.58. The second-order valence-corrected chi connectivity index (χ2v) is 6.47. The predicted molar refractivity (Wildman–Crippen MR) is 92.7 cm³/mol. The van der Waals surface area contributed by atoms with Crippen LogP contribution in [0.15, 0.2) is 53.2 Å². The number of thiophene rings is 1. The summed E-state index contributed by atoms with van der Waals surface area (Å²) in [6.07, 6.45) is 0. The number of carbonyl (C=O) groups excluding carboxylic acids is 2. The monoisotopic (exact) mass is 330 g/mol. The summed E-state index contributed by atoms with van der Waals surface area (Å²) in [6, 6.07) is 12.4. The Morgan fingerprint density at radius 3 is 2.42 bits per heavy atom. The van der Waals surface area contributed by atoms with Crippen molar-refractivity contribution in [3.8, 4) is 11.4 Å². The molecule has 1 N–H and O–H groups in total. The van der Waals surface area contributed by atoms with Crippen LogP contribution in [0.2, 0.25) is 0 Å². The lowest BCUT2D eigenvalue weighted by molar-refractivity contribution is 0.0980. The van der Waals surface area contributed by atoms with Crippen LogP contribution in [0.3, 0.4) is 0 Å². The van der Waals surface area contributed by atoms with E-state index < -0.39 is 0 Å². The molecule has 0 amide bonds. The van der Waals surface area contributed by atoms with Gasteiger partial charge < -0.3 is 4.98 Å². The number of carbonyl (C=O) groups is 2. The molecule has 0 saturated heterocycles. The molecule has 5 rings (SSSR count). The van der Waals surface area contributed by atoms with E-state index in [1.807, 2.05) is 22.9 Å². The largest absolute Gasteiger partial charge is 0.338 e. The third-order valence-electron chi connectivity index (χ3n) is 4.34. The molecule has 0 unspecified atom stereocenters. The van der Waals surface area contributed by atoms with Gasteiger partial charge in [0.05, 0.1) is 11.1 Å². The first-order chi connectivity index (χ1) is 11.7. The van der Waals surface area contributed by atoms with Gasteiger partial charge in [-0.3, -0.25) is 9.59 Å². The molecule has 0 fully saturated rings. The van der Waals surface area contributed by atoms with Crippen molar-refractivity contribution in [3.05, 3.63) is 75.5 Å². The number of imidazole rings is 1. The molecule has 1 aliphatic carbocycles. The fourth-order valence-electron chi connectivity index (χ4n) is 3.19. The van der Waals surface area contributed by atoms with Crippen molar-refractivity contribution in [1.29, 1.82) is 0 Å². The second kappa shape index (κ2) is 4.72. The summed E-state index contributed by atoms with van der Waals surface area (Å²) in [5.74, 6) is 0.440. The van der Waals surface area contributed by atoms with Crippen molar-refractivity contribution in [3.63, 3.8) is 0 Å². The van der Waals surface area contributed by atoms with E-state index in [2.05, 4.69) is 9.97 Å². The van der Waals surface area contributed by atoms with Crippen LogP contribution in [0.5, 0.6) is 0 Å². The van der Waals surface area contributed by atoms with Crippen LogP contribution in [0.1, 0.15) is 31.8 Å². The molecule has 24 heavy (non-hydrogen) atoms. The van der Waals surface area contributed by atoms with E-state index in [1.165, 1.54) is 0 Å². The first-order valence-corrected chi connectivity index (χ1v) is 8.42. The maximum absolute atomic E-state index is 13.0. The van der Waals surface area contributed by atoms with E-state index in [0.29, 0.717) is 33.6 Å². The number of hydrogen-bond acceptors (Lipinski definition) is 4. The number of nitrogens with zero attached hydrogens (tertiary/aromatic N) is 1. The van der Waals surface area contributed by atoms with Crippen LogP contribution in [0, 0.1) is 0 Å². The highest BCUT2D eigenvalue weighted by molar-refractivity contribution is 7.08. The molecule has 5 heteroatoms. The van der Waals surface area contributed by atoms with Gasteiger partial charge in [-0.15, -0.1) is 0 Å². The molecule has 0 bridgehead atoms. The smallest absolute Gasteiger partial charge is 0.196 e. The van der Waals surface area contributed by atoms with Crippen molar-refractivity contribution >= 4 is 33.9 Å². The minimum absolute atomic E-state index is 0.123. The summed E-state index contributed by atoms with van der Waals surface area (Å²) in [6.45, 7) is 0. The number of fused-ring (bicyclic) bond motifs is 4. The highest BCUT2D eigenvalue weighted by atomic mass is 32.1. The zero-order valence-corrected chi connectivity index (χ0v) is 13.2. The molecule has 0 radical (unpaired) electrons. The fraction of sp³-hybridized carbons (Fsp3) is 0. The van der Waals surface area contributed by atoms with Gasteiger partial charge in [0.25, 0.3) is 0 Å². The van der Waals surface area contributed by atoms with Crippen LogP contribution in [-0.4, -0.2) is 21.5 Å². The lowest BCUT2D eigenvalue weighted by Crippen LogP contribution is -2.21. The van der Waals surface area contributed by atoms with E-state index >= 15 is 0 Å². The Bertz CT molecular complexity index is 1140. The SMILES string of the molecule is O=C1c2ccccc2C(=O)c2c1ccc1[nH]c(-c3ccsc3)nc21. The van der Waals surface area contributed by atoms with Gasteiger partial charge in [-0.05, 0) is 23.6 Å². The Morgan fingerprint density at radius 1 is 0.875 bits per heavy atom. The van der Waals surface area contributed by atoms with Gasteiger partial charge >= 0.3 is 0 Å². The lowest BCUT2D eigenvalue weighted by atomic mass is 9.83. The fourth-order valence-corrected chi connectivity index (χ4v) is 3.83. The summed E-state index contributed by atoms with van der Waals surface area (Å²) in [5, 5.41) is 3.97. The van der Waals surface area contributed by atoms with Crippen molar-refractivity contribution < 1.29 is 9.59 Å². The van der Waals surface area contributed by atoms with Gasteiger partial charge in [-0.1, -0.05) is 24.3 Å². The third kappa shape index (κ3) is 1.70. The normalized spacial score (nSPS) is 13.2. The molecule has 4 aromatic rings. The molecule has 0 aliphatic heterocycles. The molecule has 0 atom stereocenters. The Kier molecular flexibility index (Phi) is 2.64. The van der Waals surface area contributed by atoms with E-state index in [-0.39, 0.29) is 11.6 Å². The molecule has 4 nitrogen and oxygen atoms in total. The first kappa shape index (κ1) is 13.4. The second-order valence-electron chi connectivity index (χ2n) is 5.69. The van der Waals surface area contributed by atoms with Gasteiger partial charge in [-0.25, -0.2) is 4.98 Å². The van der Waals surface area contributed by atoms with Crippen molar-refractivity contribution in [2.45, 2.75) is 0 Å². The standard InChI is InChI=1S/C19H10N2O2S/c22-17-11-3-1-2-4-12(11)18(23)15-13(17)5-6-14-16(15)21-19(20-14)10-7-8-24-9-10/h1-9H,(H,20,21). The predicted octanol–water partition coefficient (Wildman–Crippen LogP) is 4.07. The number of nitrogens with one attached hydrogen (secondary N) is 1. The molecular weight excluding hydrogens is 320 g/mol. The molecule has 2 heterocycles. The molecule has 2 aromatic heterocycles. The lowest BCUT2D eigenvalue weighted by Gasteiger charge is -2.17. The summed E-state index contributed by atoms with van der Waals surface area (Å²) in [7, 11) is 0. The maximum atomic E-state index is 13.0. The van der Waals surface area contributed by atoms with Gasteiger partial charge in [-0.2, -0.15) is 11.3 Å². The third-order valence-corrected chi connectivity index (χ3v) is 5.02. The zero-order valence-electron chi connectivity index (χ0n) is 12.4. The number of H-pyrrole nitrogens is 1. The average Bonchev–Trinajstić information content (AvgIpc) is 3.27. The Hall–Kier alpha value is -3.05. The van der Waals surface area contributed by atoms with E-state index in [4.69, 9.17) is 0 Å². The zero-order chi connectivity index (χ0) is 16.3. The average molecular weight is 330 g/mol. The van der Waals surface area contributed by atoms with Gasteiger partial charge in [0.2, 0.25) is 0 Å². The van der Waals surface area contributed by atoms with Crippen LogP contribution >= 0.6 is 11.3 Å². The number of hydrogen-bond donors (Lipinski definition) is 1. The van der Waals surface area contributed by atoms with Crippen molar-refractivity contribution in [1.82, 2.24) is 9.97 Å². The molecule has 1 aliphatic rings. The topological polar surface area (TPSA) is 62.8 Å². The minimum atomic E-state index is -0.144. The van der Waals surface area contributed by atoms with Gasteiger partial charge in [0.1, 0.15) is 11.3 Å². The Morgan fingerprint density at radius 2 is 1.67 bits per heavy atom. The number of benzene rings is 2. The maximum Gasteiger partial charge on any atom is 0.196 e. The summed E-state index contributed by atoms with van der Waals surface area (Å²) in [4.78, 5) is 33.5. The van der Waals surface area contributed by atoms with Gasteiger partial charge in [0.15, 0.2) is 11.6 Å². The number of rotatable bonds is 1. The highest BCUT2D eigenvalue weighted by Crippen LogP contribution is 2.33. The quantitative estimate of drug-likeness (QED) is 0.504. The van der Waals surface area contributed by atoms with Crippen molar-refractivity contribution in [2.24, 2.45) is 0 Å². The van der Waals surface area contributed by atoms with Crippen LogP contribution < -0.4 is 0 Å². The Labute approximate surface area is 140 Å². The van der Waals surface area contributed by atoms with Crippen LogP contribution in [0.25, 0.3) is 22.4 Å². The van der Waals surface area contributed by atoms with Crippen molar-refractivity contribution in [2.75, 3.05) is 0 Å². The van der Waals surface area contributed by atoms with E-state index in [0.717, 1.165) is 11.1 Å². The molecule has 0 spiro atoms. The first-order valence-electron chi connectivity index (χ1n) is 7.48. The summed E-state index contributed by atoms with van der Waals surface area (Å²) in [5.41, 5.74) is 4.02. The number of aromatic nitrogens is 2. The van der Waals surface area contributed by atoms with E-state index in [1.54, 1.807) is 41.7 Å². The summed E-state index contributed by atoms with van der Waals surface area (Å²) < 4.78 is 0. The van der Waals surface area contributed by atoms with Crippen LogP contribution in [-0.2, 0) is 0 Å². The minimum Gasteiger partial charge on any atom is -0.338 e. The number of aromatic amines is 1. The van der Waals surface area contributed by atoms with E-state index in [9.17, 15) is 9.59 Å². The van der Waals surface area contributed by atoms with Gasteiger partial charge in [0, 0.05) is 27.6 Å². The Balaban J connectivity index is 1.81. The molecule has 0 saturated carbocycles. The highest BCUT2D eigenvalue weighted by Gasteiger charge is 2.31. The number of ketones is 2.